The highest BCUT2D eigenvalue weighted by Crippen LogP contribution is 2.17. The maximum atomic E-state index is 12.6. The van der Waals surface area contributed by atoms with E-state index in [2.05, 4.69) is 23.8 Å². The Kier molecular flexibility index (Phi) is 4.15. The predicted octanol–water partition coefficient (Wildman–Crippen LogP) is 2.75. The maximum absolute atomic E-state index is 12.6. The highest BCUT2D eigenvalue weighted by molar-refractivity contribution is 7.99. The van der Waals surface area contributed by atoms with Gasteiger partial charge in [0.1, 0.15) is 11.4 Å². The summed E-state index contributed by atoms with van der Waals surface area (Å²) in [4.78, 5) is 7.34. The lowest BCUT2D eigenvalue weighted by molar-refractivity contribution is 0.572. The predicted molar refractivity (Wildman–Crippen MR) is 52.2 cm³/mol. The van der Waals surface area contributed by atoms with Gasteiger partial charge in [-0.25, -0.2) is 9.97 Å². The van der Waals surface area contributed by atoms with Gasteiger partial charge in [0, 0.05) is 6.07 Å². The number of hydrogen-bond acceptors (Lipinski definition) is 3. The zero-order valence-corrected chi connectivity index (χ0v) is 8.64. The number of hydrogen-bond donors (Lipinski definition) is 0. The van der Waals surface area contributed by atoms with E-state index in [1.165, 1.54) is 12.4 Å². The summed E-state index contributed by atoms with van der Waals surface area (Å²) >= 11 is 1.57. The van der Waals surface area contributed by atoms with Crippen molar-refractivity contribution in [3.63, 3.8) is 0 Å². The molecule has 0 saturated carbocycles. The number of aromatic nitrogens is 2. The second kappa shape index (κ2) is 5.17. The van der Waals surface area contributed by atoms with Gasteiger partial charge in [-0.1, -0.05) is 13.8 Å². The van der Waals surface area contributed by atoms with E-state index in [9.17, 15) is 4.39 Å². The Labute approximate surface area is 82.0 Å². The average Bonchev–Trinajstić information content (AvgIpc) is 2.03. The highest BCUT2D eigenvalue weighted by Gasteiger charge is 1.99. The quantitative estimate of drug-likeness (QED) is 0.552. The molecule has 0 fully saturated rings. The van der Waals surface area contributed by atoms with E-state index in [0.717, 1.165) is 12.2 Å². The van der Waals surface area contributed by atoms with Crippen LogP contribution in [-0.2, 0) is 0 Å². The van der Waals surface area contributed by atoms with Crippen molar-refractivity contribution in [2.75, 3.05) is 5.75 Å². The number of halogens is 1. The molecule has 0 aliphatic carbocycles. The van der Waals surface area contributed by atoms with Gasteiger partial charge in [-0.05, 0) is 18.1 Å². The second-order valence-electron chi connectivity index (χ2n) is 3.21. The Morgan fingerprint density at radius 1 is 1.46 bits per heavy atom. The van der Waals surface area contributed by atoms with Gasteiger partial charge in [-0.15, -0.1) is 11.8 Å². The number of rotatable bonds is 4. The van der Waals surface area contributed by atoms with Crippen molar-refractivity contribution in [3.05, 3.63) is 18.3 Å². The standard InChI is InChI=1S/C9H13FN2S/c1-7(2)3-4-13-9-5-8(10)11-6-12-9/h5-7H,3-4H2,1-2H3. The third-order valence-corrected chi connectivity index (χ3v) is 2.51. The van der Waals surface area contributed by atoms with Gasteiger partial charge in [-0.2, -0.15) is 4.39 Å². The fraction of sp³-hybridized carbons (Fsp3) is 0.556. The summed E-state index contributed by atoms with van der Waals surface area (Å²) < 4.78 is 12.6. The topological polar surface area (TPSA) is 25.8 Å². The van der Waals surface area contributed by atoms with E-state index in [1.807, 2.05) is 0 Å². The molecule has 13 heavy (non-hydrogen) atoms. The molecule has 1 aromatic rings. The van der Waals surface area contributed by atoms with Crippen LogP contribution in [0.2, 0.25) is 0 Å². The Morgan fingerprint density at radius 3 is 2.85 bits per heavy atom. The maximum Gasteiger partial charge on any atom is 0.217 e. The molecule has 0 amide bonds. The summed E-state index contributed by atoms with van der Waals surface area (Å²) in [6.45, 7) is 4.34. The fourth-order valence-corrected chi connectivity index (χ4v) is 1.90. The van der Waals surface area contributed by atoms with Crippen molar-refractivity contribution in [1.29, 1.82) is 0 Å². The molecule has 0 aliphatic rings. The normalized spacial score (nSPS) is 10.8. The molecule has 2 nitrogen and oxygen atoms in total. The zero-order valence-electron chi connectivity index (χ0n) is 7.83. The molecule has 0 saturated heterocycles. The molecule has 1 heterocycles. The highest BCUT2D eigenvalue weighted by atomic mass is 32.2. The van der Waals surface area contributed by atoms with Crippen LogP contribution in [0.3, 0.4) is 0 Å². The van der Waals surface area contributed by atoms with Gasteiger partial charge in [0.05, 0.1) is 0 Å². The summed E-state index contributed by atoms with van der Waals surface area (Å²) in [6.07, 6.45) is 2.38. The third-order valence-electron chi connectivity index (χ3n) is 1.55. The zero-order chi connectivity index (χ0) is 9.68. The van der Waals surface area contributed by atoms with Gasteiger partial charge < -0.3 is 0 Å². The summed E-state index contributed by atoms with van der Waals surface area (Å²) in [5, 5.41) is 0.716. The monoisotopic (exact) mass is 200 g/mol. The van der Waals surface area contributed by atoms with Crippen molar-refractivity contribution in [1.82, 2.24) is 9.97 Å². The fourth-order valence-electron chi connectivity index (χ4n) is 0.795. The summed E-state index contributed by atoms with van der Waals surface area (Å²) in [6, 6.07) is 1.37. The molecule has 0 N–H and O–H groups in total. The molecule has 1 rings (SSSR count). The molecule has 0 atom stereocenters. The van der Waals surface area contributed by atoms with Crippen LogP contribution >= 0.6 is 11.8 Å². The first-order valence-corrected chi connectivity index (χ1v) is 5.27. The summed E-state index contributed by atoms with van der Waals surface area (Å²) in [5.74, 6) is 1.20. The number of nitrogens with zero attached hydrogens (tertiary/aromatic N) is 2. The molecule has 72 valence electrons. The lowest BCUT2D eigenvalue weighted by Crippen LogP contribution is -1.91. The van der Waals surface area contributed by atoms with Crippen LogP contribution in [0.4, 0.5) is 4.39 Å². The lowest BCUT2D eigenvalue weighted by atomic mass is 10.2. The SMILES string of the molecule is CC(C)CCSc1cc(F)ncn1. The van der Waals surface area contributed by atoms with Gasteiger partial charge in [0.15, 0.2) is 0 Å². The molecule has 0 bridgehead atoms. The van der Waals surface area contributed by atoms with Crippen LogP contribution in [-0.4, -0.2) is 15.7 Å². The van der Waals surface area contributed by atoms with E-state index in [-0.39, 0.29) is 0 Å². The molecular weight excluding hydrogens is 187 g/mol. The van der Waals surface area contributed by atoms with Crippen LogP contribution in [0.25, 0.3) is 0 Å². The first kappa shape index (κ1) is 10.4. The smallest absolute Gasteiger partial charge is 0.217 e. The van der Waals surface area contributed by atoms with Crippen LogP contribution in [0.5, 0.6) is 0 Å². The summed E-state index contributed by atoms with van der Waals surface area (Å²) in [7, 11) is 0. The Hall–Kier alpha value is -0.640. The van der Waals surface area contributed by atoms with E-state index in [1.54, 1.807) is 11.8 Å². The Bertz CT molecular complexity index is 266. The van der Waals surface area contributed by atoms with Gasteiger partial charge in [0.2, 0.25) is 5.95 Å². The van der Waals surface area contributed by atoms with Crippen molar-refractivity contribution in [2.24, 2.45) is 5.92 Å². The molecular formula is C9H13FN2S. The molecule has 4 heteroatoms. The molecule has 0 spiro atoms. The Morgan fingerprint density at radius 2 is 2.23 bits per heavy atom. The molecule has 1 aromatic heterocycles. The van der Waals surface area contributed by atoms with Crippen LogP contribution in [0, 0.1) is 11.9 Å². The minimum atomic E-state index is -0.456. The third kappa shape index (κ3) is 4.22. The summed E-state index contributed by atoms with van der Waals surface area (Å²) in [5.41, 5.74) is 0. The van der Waals surface area contributed by atoms with E-state index >= 15 is 0 Å². The molecule has 0 aliphatic heterocycles. The van der Waals surface area contributed by atoms with Crippen LogP contribution < -0.4 is 0 Å². The number of thioether (sulfide) groups is 1. The van der Waals surface area contributed by atoms with Gasteiger partial charge >= 0.3 is 0 Å². The largest absolute Gasteiger partial charge is 0.230 e. The minimum Gasteiger partial charge on any atom is -0.230 e. The van der Waals surface area contributed by atoms with Crippen molar-refractivity contribution in [3.8, 4) is 0 Å². The lowest BCUT2D eigenvalue weighted by Gasteiger charge is -2.02. The Balaban J connectivity index is 2.37. The average molecular weight is 200 g/mol. The first-order chi connectivity index (χ1) is 6.18. The molecule has 0 unspecified atom stereocenters. The van der Waals surface area contributed by atoms with Crippen LogP contribution in [0.15, 0.2) is 17.4 Å². The minimum absolute atomic E-state index is 0.456. The van der Waals surface area contributed by atoms with Crippen molar-refractivity contribution < 1.29 is 4.39 Å². The second-order valence-corrected chi connectivity index (χ2v) is 4.33. The molecule has 0 radical (unpaired) electrons. The van der Waals surface area contributed by atoms with Crippen molar-refractivity contribution in [2.45, 2.75) is 25.3 Å². The van der Waals surface area contributed by atoms with Crippen LogP contribution in [0.1, 0.15) is 20.3 Å². The van der Waals surface area contributed by atoms with Gasteiger partial charge in [0.25, 0.3) is 0 Å². The molecule has 0 aromatic carbocycles. The van der Waals surface area contributed by atoms with E-state index in [4.69, 9.17) is 0 Å². The van der Waals surface area contributed by atoms with E-state index < -0.39 is 5.95 Å². The van der Waals surface area contributed by atoms with E-state index in [0.29, 0.717) is 10.9 Å². The van der Waals surface area contributed by atoms with Gasteiger partial charge in [-0.3, -0.25) is 0 Å². The first-order valence-electron chi connectivity index (χ1n) is 4.29. The van der Waals surface area contributed by atoms with Crippen molar-refractivity contribution >= 4 is 11.8 Å².